The van der Waals surface area contributed by atoms with E-state index in [1.807, 2.05) is 0 Å². The number of carbonyl (C=O) groups excluding carboxylic acids is 2. The molecule has 0 aliphatic heterocycles. The Hall–Kier alpha value is -1.81. The lowest BCUT2D eigenvalue weighted by Gasteiger charge is -2.04. The Bertz CT molecular complexity index is 443. The predicted octanol–water partition coefficient (Wildman–Crippen LogP) is 2.48. The third-order valence-corrected chi connectivity index (χ3v) is 2.15. The van der Waals surface area contributed by atoms with Crippen molar-refractivity contribution in [1.29, 1.82) is 0 Å². The van der Waals surface area contributed by atoms with Crippen molar-refractivity contribution >= 4 is 35.7 Å². The minimum Gasteiger partial charge on any atom is -0.463 e. The molecule has 0 radical (unpaired) electrons. The van der Waals surface area contributed by atoms with E-state index in [4.69, 9.17) is 16.3 Å². The van der Waals surface area contributed by atoms with Gasteiger partial charge < -0.3 is 10.1 Å². The van der Waals surface area contributed by atoms with E-state index in [0.29, 0.717) is 29.3 Å². The first-order valence-corrected chi connectivity index (χ1v) is 5.39. The Morgan fingerprint density at radius 1 is 1.53 bits per heavy atom. The number of ether oxygens (including phenoxy) is 1. The number of anilines is 1. The minimum atomic E-state index is -0.431. The van der Waals surface area contributed by atoms with Gasteiger partial charge in [-0.3, -0.25) is 4.79 Å². The monoisotopic (exact) mass is 253 g/mol. The summed E-state index contributed by atoms with van der Waals surface area (Å²) in [5, 5.41) is 3.01. The normalized spacial score (nSPS) is 10.2. The highest BCUT2D eigenvalue weighted by Gasteiger charge is 2.01. The summed E-state index contributed by atoms with van der Waals surface area (Å²) in [6, 6.07) is 4.97. The molecular formula is C12H12ClNO3. The Morgan fingerprint density at radius 2 is 2.29 bits per heavy atom. The van der Waals surface area contributed by atoms with E-state index in [0.717, 1.165) is 0 Å². The fourth-order valence-corrected chi connectivity index (χ4v) is 1.38. The van der Waals surface area contributed by atoms with E-state index in [9.17, 15) is 9.59 Å². The van der Waals surface area contributed by atoms with Crippen molar-refractivity contribution in [2.45, 2.75) is 6.92 Å². The zero-order chi connectivity index (χ0) is 12.7. The van der Waals surface area contributed by atoms with Crippen LogP contribution < -0.4 is 5.32 Å². The number of amides is 1. The highest BCUT2D eigenvalue weighted by molar-refractivity contribution is 6.31. The number of carbonyl (C=O) groups is 2. The summed E-state index contributed by atoms with van der Waals surface area (Å²) in [6.07, 6.45) is 3.40. The quantitative estimate of drug-likeness (QED) is 0.498. The molecule has 4 nitrogen and oxygen atoms in total. The molecule has 1 aromatic carbocycles. The largest absolute Gasteiger partial charge is 0.463 e. The van der Waals surface area contributed by atoms with Crippen LogP contribution in [0.5, 0.6) is 0 Å². The van der Waals surface area contributed by atoms with Crippen LogP contribution in [-0.2, 0) is 14.3 Å². The molecule has 90 valence electrons. The van der Waals surface area contributed by atoms with Crippen LogP contribution >= 0.6 is 11.6 Å². The summed E-state index contributed by atoms with van der Waals surface area (Å²) in [7, 11) is 0. The van der Waals surface area contributed by atoms with E-state index in [1.165, 1.54) is 6.08 Å². The van der Waals surface area contributed by atoms with Gasteiger partial charge in [0, 0.05) is 16.8 Å². The number of benzene rings is 1. The van der Waals surface area contributed by atoms with Gasteiger partial charge in [0.1, 0.15) is 0 Å². The average molecular weight is 254 g/mol. The van der Waals surface area contributed by atoms with E-state index < -0.39 is 5.97 Å². The third kappa shape index (κ3) is 4.28. The van der Waals surface area contributed by atoms with Crippen LogP contribution in [0.3, 0.4) is 0 Å². The van der Waals surface area contributed by atoms with Gasteiger partial charge in [-0.2, -0.15) is 0 Å². The Morgan fingerprint density at radius 3 is 2.94 bits per heavy atom. The number of halogens is 1. The van der Waals surface area contributed by atoms with E-state index in [1.54, 1.807) is 31.2 Å². The van der Waals surface area contributed by atoms with Crippen LogP contribution in [0.15, 0.2) is 24.3 Å². The number of hydrogen-bond acceptors (Lipinski definition) is 3. The van der Waals surface area contributed by atoms with Gasteiger partial charge in [0.05, 0.1) is 6.61 Å². The maximum Gasteiger partial charge on any atom is 0.330 e. The van der Waals surface area contributed by atoms with E-state index in [2.05, 4.69) is 5.32 Å². The first-order chi connectivity index (χ1) is 8.17. The topological polar surface area (TPSA) is 55.4 Å². The fourth-order valence-electron chi connectivity index (χ4n) is 1.21. The summed E-state index contributed by atoms with van der Waals surface area (Å²) < 4.78 is 4.75. The van der Waals surface area contributed by atoms with Gasteiger partial charge in [-0.25, -0.2) is 4.79 Å². The van der Waals surface area contributed by atoms with Crippen molar-refractivity contribution in [2.75, 3.05) is 11.9 Å². The average Bonchev–Trinajstić information content (AvgIpc) is 2.29. The lowest BCUT2D eigenvalue weighted by molar-refractivity contribution is -0.137. The van der Waals surface area contributed by atoms with Crippen LogP contribution in [0.25, 0.3) is 6.08 Å². The van der Waals surface area contributed by atoms with Crippen LogP contribution in [0.1, 0.15) is 12.5 Å². The van der Waals surface area contributed by atoms with Crippen molar-refractivity contribution in [3.8, 4) is 0 Å². The third-order valence-electron chi connectivity index (χ3n) is 1.92. The molecule has 1 rings (SSSR count). The number of rotatable bonds is 5. The molecule has 0 aromatic heterocycles. The van der Waals surface area contributed by atoms with E-state index in [-0.39, 0.29) is 0 Å². The molecule has 0 unspecified atom stereocenters. The van der Waals surface area contributed by atoms with Crippen LogP contribution in [0.2, 0.25) is 5.02 Å². The molecule has 0 saturated carbocycles. The molecular weight excluding hydrogens is 242 g/mol. The van der Waals surface area contributed by atoms with Gasteiger partial charge in [-0.05, 0) is 30.7 Å². The number of hydrogen-bond donors (Lipinski definition) is 1. The Balaban J connectivity index is 2.89. The van der Waals surface area contributed by atoms with Crippen LogP contribution in [0, 0.1) is 0 Å². The van der Waals surface area contributed by atoms with Gasteiger partial charge >= 0.3 is 5.97 Å². The minimum absolute atomic E-state index is 0.323. The summed E-state index contributed by atoms with van der Waals surface area (Å²) >= 11 is 5.79. The highest BCUT2D eigenvalue weighted by Crippen LogP contribution is 2.21. The molecule has 0 spiro atoms. The standard InChI is InChI=1S/C12H12ClNO3/c1-2-17-12(16)6-4-9-3-5-10(13)7-11(9)14-8-15/h3-8H,2H2,1H3,(H,14,15)/b6-4+. The molecule has 0 atom stereocenters. The van der Waals surface area contributed by atoms with Gasteiger partial charge in [0.25, 0.3) is 0 Å². The first kappa shape index (κ1) is 13.3. The highest BCUT2D eigenvalue weighted by atomic mass is 35.5. The fraction of sp³-hybridized carbons (Fsp3) is 0.167. The van der Waals surface area contributed by atoms with Gasteiger partial charge in [-0.1, -0.05) is 17.7 Å². The molecule has 0 saturated heterocycles. The van der Waals surface area contributed by atoms with Crippen LogP contribution in [0.4, 0.5) is 5.69 Å². The smallest absolute Gasteiger partial charge is 0.330 e. The van der Waals surface area contributed by atoms with Gasteiger partial charge in [0.15, 0.2) is 0 Å². The summed E-state index contributed by atoms with van der Waals surface area (Å²) in [4.78, 5) is 21.5. The van der Waals surface area contributed by atoms with Crippen LogP contribution in [-0.4, -0.2) is 19.0 Å². The molecule has 1 amide bonds. The molecule has 1 aromatic rings. The molecule has 0 aliphatic carbocycles. The molecule has 5 heteroatoms. The van der Waals surface area contributed by atoms with Crippen molar-refractivity contribution in [2.24, 2.45) is 0 Å². The lowest BCUT2D eigenvalue weighted by Crippen LogP contribution is -1.99. The van der Waals surface area contributed by atoms with Gasteiger partial charge in [0.2, 0.25) is 6.41 Å². The molecule has 0 bridgehead atoms. The molecule has 0 fully saturated rings. The van der Waals surface area contributed by atoms with Crippen molar-refractivity contribution in [1.82, 2.24) is 0 Å². The lowest BCUT2D eigenvalue weighted by atomic mass is 10.1. The second kappa shape index (κ2) is 6.70. The first-order valence-electron chi connectivity index (χ1n) is 5.02. The molecule has 0 aliphatic rings. The summed E-state index contributed by atoms with van der Waals surface area (Å²) in [6.45, 7) is 2.05. The van der Waals surface area contributed by atoms with E-state index >= 15 is 0 Å². The summed E-state index contributed by atoms with van der Waals surface area (Å²) in [5.41, 5.74) is 1.21. The molecule has 0 heterocycles. The maximum absolute atomic E-state index is 11.1. The number of esters is 1. The Labute approximate surface area is 104 Å². The zero-order valence-corrected chi connectivity index (χ0v) is 10.0. The molecule has 17 heavy (non-hydrogen) atoms. The predicted molar refractivity (Wildman–Crippen MR) is 66.8 cm³/mol. The number of nitrogens with one attached hydrogen (secondary N) is 1. The van der Waals surface area contributed by atoms with Gasteiger partial charge in [-0.15, -0.1) is 0 Å². The molecule has 1 N–H and O–H groups in total. The summed E-state index contributed by atoms with van der Waals surface area (Å²) in [5.74, 6) is -0.431. The zero-order valence-electron chi connectivity index (χ0n) is 9.27. The van der Waals surface area contributed by atoms with Crippen molar-refractivity contribution < 1.29 is 14.3 Å². The van der Waals surface area contributed by atoms with Crippen molar-refractivity contribution in [3.05, 3.63) is 34.9 Å². The Kier molecular flexibility index (Phi) is 5.23. The second-order valence-corrected chi connectivity index (χ2v) is 3.52. The SMILES string of the molecule is CCOC(=O)/C=C/c1ccc(Cl)cc1NC=O. The second-order valence-electron chi connectivity index (χ2n) is 3.08. The van der Waals surface area contributed by atoms with Crippen molar-refractivity contribution in [3.63, 3.8) is 0 Å². The maximum atomic E-state index is 11.1.